The molecule has 4 aromatic rings. The highest BCUT2D eigenvalue weighted by Crippen LogP contribution is 2.18. The minimum absolute atomic E-state index is 0.0306. The van der Waals surface area contributed by atoms with E-state index in [0.717, 1.165) is 47.7 Å². The van der Waals surface area contributed by atoms with Crippen molar-refractivity contribution in [2.24, 2.45) is 0 Å². The number of nitrogens with one attached hydrogen (secondary N) is 1. The van der Waals surface area contributed by atoms with Crippen LogP contribution in [0.5, 0.6) is 0 Å². The van der Waals surface area contributed by atoms with Gasteiger partial charge in [0.2, 0.25) is 0 Å². The van der Waals surface area contributed by atoms with Crippen molar-refractivity contribution in [3.05, 3.63) is 76.1 Å². The number of carbonyl (C=O) groups excluding carboxylic acids is 1. The Hall–Kier alpha value is -3.13. The van der Waals surface area contributed by atoms with Crippen LogP contribution in [0.25, 0.3) is 11.1 Å². The van der Waals surface area contributed by atoms with E-state index in [0.29, 0.717) is 5.69 Å². The SMILES string of the molecule is O=C(NCc1ncccc1F)c1csc(CCCCc2nc3ccccc3o2)n1. The van der Waals surface area contributed by atoms with Crippen LogP contribution in [0.4, 0.5) is 4.39 Å². The van der Waals surface area contributed by atoms with Crippen LogP contribution < -0.4 is 5.32 Å². The molecule has 29 heavy (non-hydrogen) atoms. The zero-order valence-electron chi connectivity index (χ0n) is 15.6. The molecule has 0 fully saturated rings. The lowest BCUT2D eigenvalue weighted by molar-refractivity contribution is 0.0945. The highest BCUT2D eigenvalue weighted by Gasteiger charge is 2.12. The molecule has 6 nitrogen and oxygen atoms in total. The van der Waals surface area contributed by atoms with E-state index < -0.39 is 5.82 Å². The van der Waals surface area contributed by atoms with Crippen molar-refractivity contribution in [1.29, 1.82) is 0 Å². The van der Waals surface area contributed by atoms with E-state index in [1.54, 1.807) is 5.38 Å². The third-order valence-electron chi connectivity index (χ3n) is 4.40. The second-order valence-electron chi connectivity index (χ2n) is 6.52. The van der Waals surface area contributed by atoms with Gasteiger partial charge in [-0.05, 0) is 43.5 Å². The number of carbonyl (C=O) groups is 1. The number of fused-ring (bicyclic) bond motifs is 1. The van der Waals surface area contributed by atoms with Crippen LogP contribution in [0.15, 0.2) is 52.4 Å². The quantitative estimate of drug-likeness (QED) is 0.438. The molecule has 1 amide bonds. The normalized spacial score (nSPS) is 11.1. The molecule has 0 spiro atoms. The maximum absolute atomic E-state index is 13.6. The van der Waals surface area contributed by atoms with Gasteiger partial charge in [0.1, 0.15) is 17.0 Å². The van der Waals surface area contributed by atoms with Crippen LogP contribution in [-0.2, 0) is 19.4 Å². The van der Waals surface area contributed by atoms with Gasteiger partial charge in [-0.25, -0.2) is 14.4 Å². The molecule has 0 atom stereocenters. The summed E-state index contributed by atoms with van der Waals surface area (Å²) in [6.45, 7) is 0.0306. The maximum atomic E-state index is 13.6. The summed E-state index contributed by atoms with van der Waals surface area (Å²) in [6.07, 6.45) is 4.89. The number of halogens is 1. The highest BCUT2D eigenvalue weighted by atomic mass is 32.1. The Morgan fingerprint density at radius 1 is 1.10 bits per heavy atom. The zero-order chi connectivity index (χ0) is 20.1. The van der Waals surface area contributed by atoms with Crippen molar-refractivity contribution in [3.8, 4) is 0 Å². The lowest BCUT2D eigenvalue weighted by Crippen LogP contribution is -2.24. The molecule has 3 aromatic heterocycles. The molecular formula is C21H19FN4O2S. The lowest BCUT2D eigenvalue weighted by atomic mass is 10.2. The van der Waals surface area contributed by atoms with Crippen LogP contribution in [0.1, 0.15) is 39.9 Å². The third kappa shape index (κ3) is 4.83. The Labute approximate surface area is 170 Å². The number of nitrogens with zero attached hydrogens (tertiary/aromatic N) is 3. The summed E-state index contributed by atoms with van der Waals surface area (Å²) in [7, 11) is 0. The van der Waals surface area contributed by atoms with E-state index in [-0.39, 0.29) is 18.1 Å². The summed E-state index contributed by atoms with van der Waals surface area (Å²) in [5.41, 5.74) is 2.24. The standard InChI is InChI=1S/C21H19FN4O2S/c22-14-6-5-11-23-16(14)12-24-21(27)17-13-29-20(26-17)10-4-3-9-19-25-15-7-1-2-8-18(15)28-19/h1-2,5-8,11,13H,3-4,9-10,12H2,(H,24,27). The maximum Gasteiger partial charge on any atom is 0.271 e. The summed E-state index contributed by atoms with van der Waals surface area (Å²) in [6, 6.07) is 10.6. The molecule has 1 N–H and O–H groups in total. The van der Waals surface area contributed by atoms with E-state index in [9.17, 15) is 9.18 Å². The Morgan fingerprint density at radius 2 is 1.97 bits per heavy atom. The summed E-state index contributed by atoms with van der Waals surface area (Å²) < 4.78 is 19.3. The number of hydrogen-bond donors (Lipinski definition) is 1. The third-order valence-corrected chi connectivity index (χ3v) is 5.31. The molecule has 0 aliphatic carbocycles. The lowest BCUT2D eigenvalue weighted by Gasteiger charge is -2.03. The molecule has 0 saturated carbocycles. The minimum Gasteiger partial charge on any atom is -0.441 e. The number of oxazole rings is 1. The van der Waals surface area contributed by atoms with Crippen LogP contribution >= 0.6 is 11.3 Å². The topological polar surface area (TPSA) is 80.9 Å². The first-order chi connectivity index (χ1) is 14.2. The van der Waals surface area contributed by atoms with Crippen molar-refractivity contribution in [2.45, 2.75) is 32.2 Å². The van der Waals surface area contributed by atoms with Gasteiger partial charge in [-0.15, -0.1) is 11.3 Å². The Balaban J connectivity index is 1.23. The van der Waals surface area contributed by atoms with Gasteiger partial charge in [-0.1, -0.05) is 12.1 Å². The second-order valence-corrected chi connectivity index (χ2v) is 7.47. The molecule has 0 unspecified atom stereocenters. The summed E-state index contributed by atoms with van der Waals surface area (Å²) >= 11 is 1.45. The fourth-order valence-electron chi connectivity index (χ4n) is 2.91. The summed E-state index contributed by atoms with van der Waals surface area (Å²) in [5, 5.41) is 5.28. The monoisotopic (exact) mass is 410 g/mol. The number of pyridine rings is 1. The number of aromatic nitrogens is 3. The predicted molar refractivity (Wildman–Crippen MR) is 108 cm³/mol. The van der Waals surface area contributed by atoms with E-state index in [2.05, 4.69) is 20.3 Å². The first-order valence-corrected chi connectivity index (χ1v) is 10.2. The molecule has 1 aromatic carbocycles. The fourth-order valence-corrected chi connectivity index (χ4v) is 3.73. The van der Waals surface area contributed by atoms with Crippen LogP contribution in [0.2, 0.25) is 0 Å². The Bertz CT molecular complexity index is 1090. The van der Waals surface area contributed by atoms with Crippen LogP contribution in [0.3, 0.4) is 0 Å². The van der Waals surface area contributed by atoms with Gasteiger partial charge in [-0.2, -0.15) is 0 Å². The van der Waals surface area contributed by atoms with Gasteiger partial charge < -0.3 is 9.73 Å². The summed E-state index contributed by atoms with van der Waals surface area (Å²) in [5.74, 6) is -0.0260. The van der Waals surface area contributed by atoms with Crippen molar-refractivity contribution < 1.29 is 13.6 Å². The van der Waals surface area contributed by atoms with Crippen LogP contribution in [0, 0.1) is 5.82 Å². The molecular weight excluding hydrogens is 391 g/mol. The number of hydrogen-bond acceptors (Lipinski definition) is 6. The molecule has 0 saturated heterocycles. The number of aryl methyl sites for hydroxylation is 2. The molecule has 0 bridgehead atoms. The van der Waals surface area contributed by atoms with E-state index in [1.807, 2.05) is 24.3 Å². The van der Waals surface area contributed by atoms with E-state index in [4.69, 9.17) is 4.42 Å². The Kier molecular flexibility index (Phi) is 5.90. The van der Waals surface area contributed by atoms with E-state index in [1.165, 1.54) is 29.7 Å². The van der Waals surface area contributed by atoms with Gasteiger partial charge in [0, 0.05) is 18.0 Å². The first-order valence-electron chi connectivity index (χ1n) is 9.35. The van der Waals surface area contributed by atoms with Gasteiger partial charge in [0.05, 0.1) is 17.2 Å². The number of rotatable bonds is 8. The van der Waals surface area contributed by atoms with Gasteiger partial charge in [0.25, 0.3) is 5.91 Å². The number of thiazole rings is 1. The number of benzene rings is 1. The van der Waals surface area contributed by atoms with Crippen molar-refractivity contribution in [2.75, 3.05) is 0 Å². The Morgan fingerprint density at radius 3 is 2.83 bits per heavy atom. The number of unbranched alkanes of at least 4 members (excludes halogenated alkanes) is 1. The van der Waals surface area contributed by atoms with Crippen molar-refractivity contribution in [3.63, 3.8) is 0 Å². The van der Waals surface area contributed by atoms with Crippen LogP contribution in [-0.4, -0.2) is 20.9 Å². The predicted octanol–water partition coefficient (Wildman–Crippen LogP) is 4.31. The van der Waals surface area contributed by atoms with Crippen molar-refractivity contribution in [1.82, 2.24) is 20.3 Å². The molecule has 0 aliphatic heterocycles. The fraction of sp³-hybridized carbons (Fsp3) is 0.238. The van der Waals surface area contributed by atoms with Gasteiger partial charge in [-0.3, -0.25) is 9.78 Å². The largest absolute Gasteiger partial charge is 0.441 e. The van der Waals surface area contributed by atoms with Gasteiger partial charge in [0.15, 0.2) is 11.5 Å². The minimum atomic E-state index is -0.439. The zero-order valence-corrected chi connectivity index (χ0v) is 16.4. The molecule has 0 radical (unpaired) electrons. The molecule has 148 valence electrons. The molecule has 3 heterocycles. The second kappa shape index (κ2) is 8.91. The molecule has 4 rings (SSSR count). The average molecular weight is 410 g/mol. The van der Waals surface area contributed by atoms with Gasteiger partial charge >= 0.3 is 0 Å². The number of amides is 1. The molecule has 0 aliphatic rings. The average Bonchev–Trinajstić information content (AvgIpc) is 3.37. The van der Waals surface area contributed by atoms with Crippen molar-refractivity contribution >= 4 is 28.3 Å². The van der Waals surface area contributed by atoms with E-state index >= 15 is 0 Å². The number of para-hydroxylation sites is 2. The molecule has 8 heteroatoms. The smallest absolute Gasteiger partial charge is 0.271 e. The summed E-state index contributed by atoms with van der Waals surface area (Å²) in [4.78, 5) is 25.0. The first kappa shape index (κ1) is 19.2. The highest BCUT2D eigenvalue weighted by molar-refractivity contribution is 7.09.